The number of likely N-dealkylation sites (N-methyl/N-ethyl adjacent to an activating group) is 1. The van der Waals surface area contributed by atoms with Crippen LogP contribution in [0.3, 0.4) is 0 Å². The Hall–Kier alpha value is -1.69. The molecule has 6 heteroatoms. The minimum atomic E-state index is -1.06. The van der Waals surface area contributed by atoms with Gasteiger partial charge in [0.1, 0.15) is 0 Å². The van der Waals surface area contributed by atoms with Gasteiger partial charge in [-0.3, -0.25) is 9.69 Å². The van der Waals surface area contributed by atoms with E-state index in [-0.39, 0.29) is 29.2 Å². The predicted molar refractivity (Wildman–Crippen MR) is 73.4 cm³/mol. The Kier molecular flexibility index (Phi) is 3.94. The molecule has 0 aliphatic carbocycles. The van der Waals surface area contributed by atoms with Crippen molar-refractivity contribution in [2.75, 3.05) is 25.9 Å². The van der Waals surface area contributed by atoms with E-state index in [0.717, 1.165) is 12.1 Å². The molecule has 1 aliphatic rings. The molecule has 1 aromatic rings. The monoisotopic (exact) mass is 283 g/mol. The van der Waals surface area contributed by atoms with E-state index >= 15 is 0 Å². The average molecular weight is 283 g/mol. The van der Waals surface area contributed by atoms with E-state index < -0.39 is 11.6 Å². The number of hydrogen-bond acceptors (Lipinski definition) is 3. The third kappa shape index (κ3) is 2.60. The van der Waals surface area contributed by atoms with Crippen LogP contribution >= 0.6 is 0 Å². The molecule has 0 spiro atoms. The van der Waals surface area contributed by atoms with Crippen LogP contribution in [0, 0.1) is 11.6 Å². The number of piperazine rings is 1. The molecule has 1 aliphatic heterocycles. The Balaban J connectivity index is 2.26. The van der Waals surface area contributed by atoms with Crippen LogP contribution < -0.4 is 5.73 Å². The molecule has 1 heterocycles. The molecule has 0 saturated carbocycles. The van der Waals surface area contributed by atoms with Gasteiger partial charge < -0.3 is 10.6 Å². The standard InChI is InChI=1S/C14H19F2N3O/c1-8-6-19(7-9(2)18(8)3)14(20)10-4-11(15)12(16)5-13(10)17/h4-5,8-9H,6-7,17H2,1-3H3. The van der Waals surface area contributed by atoms with E-state index in [1.807, 2.05) is 20.9 Å². The molecule has 20 heavy (non-hydrogen) atoms. The highest BCUT2D eigenvalue weighted by Gasteiger charge is 2.30. The minimum Gasteiger partial charge on any atom is -0.398 e. The highest BCUT2D eigenvalue weighted by atomic mass is 19.2. The number of rotatable bonds is 1. The number of nitrogens with two attached hydrogens (primary N) is 1. The number of anilines is 1. The molecule has 0 aromatic heterocycles. The van der Waals surface area contributed by atoms with Crippen molar-refractivity contribution in [3.8, 4) is 0 Å². The average Bonchev–Trinajstić information content (AvgIpc) is 2.38. The molecule has 1 amide bonds. The van der Waals surface area contributed by atoms with E-state index in [1.54, 1.807) is 4.90 Å². The summed E-state index contributed by atoms with van der Waals surface area (Å²) in [5, 5.41) is 0. The third-order valence-electron chi connectivity index (χ3n) is 3.97. The first-order valence-corrected chi connectivity index (χ1v) is 6.57. The normalized spacial score (nSPS) is 23.9. The van der Waals surface area contributed by atoms with Gasteiger partial charge in [-0.15, -0.1) is 0 Å². The zero-order valence-electron chi connectivity index (χ0n) is 11.9. The second-order valence-corrected chi connectivity index (χ2v) is 5.43. The number of benzene rings is 1. The van der Waals surface area contributed by atoms with Crippen molar-refractivity contribution < 1.29 is 13.6 Å². The van der Waals surface area contributed by atoms with Gasteiger partial charge in [0, 0.05) is 36.9 Å². The summed E-state index contributed by atoms with van der Waals surface area (Å²) < 4.78 is 26.3. The van der Waals surface area contributed by atoms with Crippen LogP contribution in [0.15, 0.2) is 12.1 Å². The smallest absolute Gasteiger partial charge is 0.256 e. The Labute approximate surface area is 117 Å². The fraction of sp³-hybridized carbons (Fsp3) is 0.500. The van der Waals surface area contributed by atoms with Gasteiger partial charge >= 0.3 is 0 Å². The van der Waals surface area contributed by atoms with Gasteiger partial charge in [0.05, 0.1) is 5.56 Å². The van der Waals surface area contributed by atoms with Crippen molar-refractivity contribution >= 4 is 11.6 Å². The molecule has 2 unspecified atom stereocenters. The van der Waals surface area contributed by atoms with Gasteiger partial charge in [0.15, 0.2) is 11.6 Å². The van der Waals surface area contributed by atoms with E-state index in [2.05, 4.69) is 4.90 Å². The molecule has 4 nitrogen and oxygen atoms in total. The maximum absolute atomic E-state index is 13.3. The fourth-order valence-corrected chi connectivity index (χ4v) is 2.49. The molecular formula is C14H19F2N3O. The fourth-order valence-electron chi connectivity index (χ4n) is 2.49. The topological polar surface area (TPSA) is 49.6 Å². The van der Waals surface area contributed by atoms with Crippen molar-refractivity contribution in [1.29, 1.82) is 0 Å². The summed E-state index contributed by atoms with van der Waals surface area (Å²) in [5.41, 5.74) is 5.62. The third-order valence-corrected chi connectivity index (χ3v) is 3.97. The lowest BCUT2D eigenvalue weighted by Gasteiger charge is -2.42. The summed E-state index contributed by atoms with van der Waals surface area (Å²) in [4.78, 5) is 16.2. The molecular weight excluding hydrogens is 264 g/mol. The van der Waals surface area contributed by atoms with Crippen LogP contribution in [-0.4, -0.2) is 47.9 Å². The Morgan fingerprint density at radius 3 is 2.25 bits per heavy atom. The second kappa shape index (κ2) is 5.36. The number of carbonyl (C=O) groups is 1. The van der Waals surface area contributed by atoms with Crippen LogP contribution in [0.25, 0.3) is 0 Å². The molecule has 110 valence electrons. The lowest BCUT2D eigenvalue weighted by Crippen LogP contribution is -2.56. The minimum absolute atomic E-state index is 0.0212. The van der Waals surface area contributed by atoms with Crippen molar-refractivity contribution in [3.05, 3.63) is 29.3 Å². The lowest BCUT2D eigenvalue weighted by atomic mass is 10.1. The molecule has 1 fully saturated rings. The van der Waals surface area contributed by atoms with Crippen LogP contribution in [0.5, 0.6) is 0 Å². The highest BCUT2D eigenvalue weighted by molar-refractivity contribution is 5.99. The molecule has 2 rings (SSSR count). The summed E-state index contributed by atoms with van der Waals surface area (Å²) in [6.07, 6.45) is 0. The van der Waals surface area contributed by atoms with E-state index in [0.29, 0.717) is 13.1 Å². The maximum Gasteiger partial charge on any atom is 0.256 e. The van der Waals surface area contributed by atoms with Gasteiger partial charge in [0.2, 0.25) is 0 Å². The Morgan fingerprint density at radius 1 is 1.20 bits per heavy atom. The van der Waals surface area contributed by atoms with E-state index in [1.165, 1.54) is 0 Å². The van der Waals surface area contributed by atoms with Crippen molar-refractivity contribution in [3.63, 3.8) is 0 Å². The number of nitrogens with zero attached hydrogens (tertiary/aromatic N) is 2. The highest BCUT2D eigenvalue weighted by Crippen LogP contribution is 2.21. The van der Waals surface area contributed by atoms with Crippen LogP contribution in [0.4, 0.5) is 14.5 Å². The first-order valence-electron chi connectivity index (χ1n) is 6.57. The van der Waals surface area contributed by atoms with Crippen molar-refractivity contribution in [2.24, 2.45) is 0 Å². The summed E-state index contributed by atoms with van der Waals surface area (Å²) >= 11 is 0. The number of amides is 1. The van der Waals surface area contributed by atoms with Gasteiger partial charge in [-0.1, -0.05) is 0 Å². The lowest BCUT2D eigenvalue weighted by molar-refractivity contribution is 0.0414. The Bertz CT molecular complexity index is 523. The molecule has 0 bridgehead atoms. The zero-order chi connectivity index (χ0) is 15.0. The SMILES string of the molecule is CC1CN(C(=O)c2cc(F)c(F)cc2N)CC(C)N1C. The first kappa shape index (κ1) is 14.7. The quantitative estimate of drug-likeness (QED) is 0.798. The summed E-state index contributed by atoms with van der Waals surface area (Å²) in [7, 11) is 2.00. The summed E-state index contributed by atoms with van der Waals surface area (Å²) in [6.45, 7) is 5.12. The van der Waals surface area contributed by atoms with Gasteiger partial charge in [-0.2, -0.15) is 0 Å². The number of hydrogen-bond donors (Lipinski definition) is 1. The predicted octanol–water partition coefficient (Wildman–Crippen LogP) is 1.71. The van der Waals surface area contributed by atoms with Crippen LogP contribution in [0.2, 0.25) is 0 Å². The number of nitrogen functional groups attached to an aromatic ring is 1. The van der Waals surface area contributed by atoms with Gasteiger partial charge in [0.25, 0.3) is 5.91 Å². The molecule has 0 radical (unpaired) electrons. The number of halogens is 2. The molecule has 1 aromatic carbocycles. The largest absolute Gasteiger partial charge is 0.398 e. The van der Waals surface area contributed by atoms with Crippen molar-refractivity contribution in [1.82, 2.24) is 9.80 Å². The summed E-state index contributed by atoms with van der Waals surface area (Å²) in [5.74, 6) is -2.45. The van der Waals surface area contributed by atoms with Crippen molar-refractivity contribution in [2.45, 2.75) is 25.9 Å². The van der Waals surface area contributed by atoms with Crippen LogP contribution in [0.1, 0.15) is 24.2 Å². The van der Waals surface area contributed by atoms with Gasteiger partial charge in [-0.05, 0) is 27.0 Å². The van der Waals surface area contributed by atoms with E-state index in [9.17, 15) is 13.6 Å². The number of carbonyl (C=O) groups excluding carboxylic acids is 1. The van der Waals surface area contributed by atoms with E-state index in [4.69, 9.17) is 5.73 Å². The molecule has 1 saturated heterocycles. The molecule has 2 atom stereocenters. The molecule has 2 N–H and O–H groups in total. The van der Waals surface area contributed by atoms with Crippen LogP contribution in [-0.2, 0) is 0 Å². The summed E-state index contributed by atoms with van der Waals surface area (Å²) in [6, 6.07) is 2.13. The second-order valence-electron chi connectivity index (χ2n) is 5.43. The first-order chi connectivity index (χ1) is 9.31. The zero-order valence-corrected chi connectivity index (χ0v) is 11.9. The van der Waals surface area contributed by atoms with Gasteiger partial charge in [-0.25, -0.2) is 8.78 Å². The maximum atomic E-state index is 13.3. The Morgan fingerprint density at radius 2 is 1.70 bits per heavy atom.